The molecule has 176 valence electrons. The summed E-state index contributed by atoms with van der Waals surface area (Å²) >= 11 is 13.2. The van der Waals surface area contributed by atoms with Crippen molar-refractivity contribution >= 4 is 64.1 Å². The molecule has 2 N–H and O–H groups in total. The van der Waals surface area contributed by atoms with E-state index in [1.54, 1.807) is 54.6 Å². The van der Waals surface area contributed by atoms with Crippen LogP contribution in [0.15, 0.2) is 65.6 Å². The van der Waals surface area contributed by atoms with Crippen molar-refractivity contribution in [2.75, 3.05) is 23.0 Å². The van der Waals surface area contributed by atoms with Crippen LogP contribution >= 0.6 is 35.0 Å². The molecule has 0 aliphatic carbocycles. The highest BCUT2D eigenvalue weighted by Crippen LogP contribution is 2.25. The fourth-order valence-corrected chi connectivity index (χ4v) is 4.13. The Bertz CT molecular complexity index is 1230. The average Bonchev–Trinajstić information content (AvgIpc) is 2.81. The molecule has 0 bridgehead atoms. The summed E-state index contributed by atoms with van der Waals surface area (Å²) in [6, 6.07) is 17.1. The Kier molecular flexibility index (Phi) is 8.98. The molecular formula is C25H22Cl2N2O4S. The van der Waals surface area contributed by atoms with Gasteiger partial charge in [-0.2, -0.15) is 0 Å². The Morgan fingerprint density at radius 3 is 2.00 bits per heavy atom. The molecular weight excluding hydrogens is 495 g/mol. The summed E-state index contributed by atoms with van der Waals surface area (Å²) in [6.07, 6.45) is 0. The van der Waals surface area contributed by atoms with E-state index >= 15 is 0 Å². The number of aryl methyl sites for hydroxylation is 2. The molecule has 3 aromatic carbocycles. The third-order valence-electron chi connectivity index (χ3n) is 4.75. The molecule has 2 amide bonds. The second-order valence-electron chi connectivity index (χ2n) is 7.38. The third kappa shape index (κ3) is 7.25. The second-order valence-corrected chi connectivity index (χ2v) is 9.27. The average molecular weight is 517 g/mol. The lowest BCUT2D eigenvalue weighted by Crippen LogP contribution is -2.21. The molecule has 3 aromatic rings. The zero-order valence-corrected chi connectivity index (χ0v) is 20.8. The van der Waals surface area contributed by atoms with Gasteiger partial charge in [-0.05, 0) is 61.4 Å². The molecule has 0 spiro atoms. The number of carbonyl (C=O) groups excluding carboxylic acids is 3. The molecule has 0 aliphatic rings. The molecule has 0 fully saturated rings. The lowest BCUT2D eigenvalue weighted by atomic mass is 10.2. The van der Waals surface area contributed by atoms with Crippen molar-refractivity contribution in [2.24, 2.45) is 0 Å². The summed E-state index contributed by atoms with van der Waals surface area (Å²) in [4.78, 5) is 37.8. The van der Waals surface area contributed by atoms with E-state index in [9.17, 15) is 14.4 Å². The molecule has 3 rings (SSSR count). The van der Waals surface area contributed by atoms with E-state index in [4.69, 9.17) is 27.9 Å². The Morgan fingerprint density at radius 1 is 0.824 bits per heavy atom. The van der Waals surface area contributed by atoms with Crippen LogP contribution in [0.25, 0.3) is 0 Å². The number of carbonyl (C=O) groups is 3. The SMILES string of the molecule is Cc1ccc(Cl)cc1NC(=O)COC(=O)c1ccccc1SCC(=O)Nc1cc(Cl)ccc1C. The maximum Gasteiger partial charge on any atom is 0.339 e. The molecule has 0 heterocycles. The van der Waals surface area contributed by atoms with E-state index in [-0.39, 0.29) is 17.2 Å². The maximum absolute atomic E-state index is 12.6. The largest absolute Gasteiger partial charge is 0.452 e. The Morgan fingerprint density at radius 2 is 1.38 bits per heavy atom. The number of ether oxygens (including phenoxy) is 1. The van der Waals surface area contributed by atoms with Gasteiger partial charge in [-0.1, -0.05) is 47.5 Å². The summed E-state index contributed by atoms with van der Waals surface area (Å²) in [5.74, 6) is -1.31. The maximum atomic E-state index is 12.6. The fourth-order valence-electron chi connectivity index (χ4n) is 2.94. The summed E-state index contributed by atoms with van der Waals surface area (Å²) in [6.45, 7) is 3.24. The zero-order chi connectivity index (χ0) is 24.7. The minimum absolute atomic E-state index is 0.0742. The lowest BCUT2D eigenvalue weighted by Gasteiger charge is -2.12. The van der Waals surface area contributed by atoms with Gasteiger partial charge in [-0.25, -0.2) is 4.79 Å². The van der Waals surface area contributed by atoms with Gasteiger partial charge in [-0.3, -0.25) is 9.59 Å². The minimum Gasteiger partial charge on any atom is -0.452 e. The quantitative estimate of drug-likeness (QED) is 0.277. The highest BCUT2D eigenvalue weighted by atomic mass is 35.5. The number of hydrogen-bond donors (Lipinski definition) is 2. The van der Waals surface area contributed by atoms with Gasteiger partial charge < -0.3 is 15.4 Å². The molecule has 0 aromatic heterocycles. The molecule has 0 radical (unpaired) electrons. The van der Waals surface area contributed by atoms with Crippen molar-refractivity contribution in [3.63, 3.8) is 0 Å². The molecule has 0 saturated heterocycles. The summed E-state index contributed by atoms with van der Waals surface area (Å²) < 4.78 is 5.19. The Labute approximate surface area is 212 Å². The Balaban J connectivity index is 1.57. The predicted molar refractivity (Wildman–Crippen MR) is 137 cm³/mol. The molecule has 0 saturated carbocycles. The van der Waals surface area contributed by atoms with E-state index in [1.807, 2.05) is 19.9 Å². The summed E-state index contributed by atoms with van der Waals surface area (Å²) in [7, 11) is 0. The first-order valence-corrected chi connectivity index (χ1v) is 12.0. The predicted octanol–water partition coefficient (Wildman–Crippen LogP) is 6.14. The number of esters is 1. The van der Waals surface area contributed by atoms with Gasteiger partial charge in [0.05, 0.1) is 11.3 Å². The third-order valence-corrected chi connectivity index (χ3v) is 6.29. The minimum atomic E-state index is -0.660. The smallest absolute Gasteiger partial charge is 0.339 e. The van der Waals surface area contributed by atoms with Gasteiger partial charge in [0.25, 0.3) is 5.91 Å². The van der Waals surface area contributed by atoms with Crippen LogP contribution in [0.3, 0.4) is 0 Å². The van der Waals surface area contributed by atoms with Crippen LogP contribution in [0.1, 0.15) is 21.5 Å². The second kappa shape index (κ2) is 11.9. The summed E-state index contributed by atoms with van der Waals surface area (Å²) in [5, 5.41) is 6.50. The molecule has 0 aliphatic heterocycles. The molecule has 6 nitrogen and oxygen atoms in total. The van der Waals surface area contributed by atoms with Crippen molar-refractivity contribution in [1.29, 1.82) is 0 Å². The standard InChI is InChI=1S/C25H22Cl2N2O4S/c1-15-7-9-17(26)11-20(15)28-23(30)13-33-25(32)19-5-3-4-6-22(19)34-14-24(31)29-21-12-18(27)10-8-16(21)2/h3-12H,13-14H2,1-2H3,(H,28,30)(H,29,31). The number of amides is 2. The van der Waals surface area contributed by atoms with Crippen molar-refractivity contribution in [2.45, 2.75) is 18.7 Å². The topological polar surface area (TPSA) is 84.5 Å². The summed E-state index contributed by atoms with van der Waals surface area (Å²) in [5.41, 5.74) is 3.17. The van der Waals surface area contributed by atoms with Crippen molar-refractivity contribution in [3.8, 4) is 0 Å². The highest BCUT2D eigenvalue weighted by Gasteiger charge is 2.16. The molecule has 0 atom stereocenters. The normalized spacial score (nSPS) is 10.5. The van der Waals surface area contributed by atoms with Crippen LogP contribution in [0.5, 0.6) is 0 Å². The highest BCUT2D eigenvalue weighted by molar-refractivity contribution is 8.00. The van der Waals surface area contributed by atoms with E-state index in [0.29, 0.717) is 26.3 Å². The number of nitrogens with one attached hydrogen (secondary N) is 2. The lowest BCUT2D eigenvalue weighted by molar-refractivity contribution is -0.119. The molecule has 0 unspecified atom stereocenters. The van der Waals surface area contributed by atoms with Crippen molar-refractivity contribution < 1.29 is 19.1 Å². The van der Waals surface area contributed by atoms with Gasteiger partial charge in [0.1, 0.15) is 0 Å². The van der Waals surface area contributed by atoms with Crippen LogP contribution in [0.2, 0.25) is 10.0 Å². The van der Waals surface area contributed by atoms with Crippen LogP contribution in [-0.2, 0) is 14.3 Å². The van der Waals surface area contributed by atoms with Crippen LogP contribution in [-0.4, -0.2) is 30.1 Å². The van der Waals surface area contributed by atoms with Gasteiger partial charge in [0.15, 0.2) is 6.61 Å². The van der Waals surface area contributed by atoms with Crippen LogP contribution < -0.4 is 10.6 Å². The van der Waals surface area contributed by atoms with E-state index in [1.165, 1.54) is 11.8 Å². The van der Waals surface area contributed by atoms with E-state index in [0.717, 1.165) is 11.1 Å². The number of thioether (sulfide) groups is 1. The van der Waals surface area contributed by atoms with Crippen LogP contribution in [0, 0.1) is 13.8 Å². The zero-order valence-electron chi connectivity index (χ0n) is 18.5. The van der Waals surface area contributed by atoms with E-state index < -0.39 is 18.5 Å². The van der Waals surface area contributed by atoms with E-state index in [2.05, 4.69) is 10.6 Å². The van der Waals surface area contributed by atoms with Gasteiger partial charge in [-0.15, -0.1) is 11.8 Å². The number of halogens is 2. The number of rotatable bonds is 8. The first kappa shape index (κ1) is 25.6. The number of hydrogen-bond acceptors (Lipinski definition) is 5. The number of anilines is 2. The monoisotopic (exact) mass is 516 g/mol. The number of benzene rings is 3. The van der Waals surface area contributed by atoms with Gasteiger partial charge in [0, 0.05) is 26.3 Å². The van der Waals surface area contributed by atoms with Crippen molar-refractivity contribution in [3.05, 3.63) is 87.4 Å². The van der Waals surface area contributed by atoms with Crippen molar-refractivity contribution in [1.82, 2.24) is 0 Å². The Hall–Kier alpha value is -3.00. The molecule has 34 heavy (non-hydrogen) atoms. The fraction of sp³-hybridized carbons (Fsp3) is 0.160. The van der Waals surface area contributed by atoms with Gasteiger partial charge >= 0.3 is 5.97 Å². The van der Waals surface area contributed by atoms with Gasteiger partial charge in [0.2, 0.25) is 5.91 Å². The first-order valence-electron chi connectivity index (χ1n) is 10.2. The van der Waals surface area contributed by atoms with Crippen LogP contribution in [0.4, 0.5) is 11.4 Å². The molecule has 9 heteroatoms. The first-order chi connectivity index (χ1) is 16.2.